The van der Waals surface area contributed by atoms with Crippen molar-refractivity contribution in [2.24, 2.45) is 11.5 Å². The Morgan fingerprint density at radius 1 is 0.911 bits per heavy atom. The van der Waals surface area contributed by atoms with Crippen molar-refractivity contribution in [2.75, 3.05) is 13.1 Å². The van der Waals surface area contributed by atoms with Gasteiger partial charge >= 0.3 is 0 Å². The largest absolute Gasteiger partial charge is 0.381 e. The third kappa shape index (κ3) is 12.9. The fourth-order valence-electron chi connectivity index (χ4n) is 4.63. The van der Waals surface area contributed by atoms with Crippen LogP contribution in [-0.2, 0) is 13.1 Å². The minimum Gasteiger partial charge on any atom is -0.381 e. The summed E-state index contributed by atoms with van der Waals surface area (Å²) < 4.78 is 28.0. The highest BCUT2D eigenvalue weighted by atomic mass is 19.1. The van der Waals surface area contributed by atoms with Gasteiger partial charge in [-0.25, -0.2) is 8.78 Å². The summed E-state index contributed by atoms with van der Waals surface area (Å²) in [5.41, 5.74) is 18.8. The normalized spacial score (nSPS) is 11.0. The van der Waals surface area contributed by atoms with E-state index in [4.69, 9.17) is 11.5 Å². The summed E-state index contributed by atoms with van der Waals surface area (Å²) in [6.07, 6.45) is 5.02. The van der Waals surface area contributed by atoms with Crippen molar-refractivity contribution in [2.45, 2.75) is 59.0 Å². The first-order valence-corrected chi connectivity index (χ1v) is 15.4. The lowest BCUT2D eigenvalue weighted by atomic mass is 9.73. The monoisotopic (exact) mass is 608 g/mol. The van der Waals surface area contributed by atoms with E-state index >= 15 is 0 Å². The van der Waals surface area contributed by atoms with Crippen molar-refractivity contribution in [1.29, 1.82) is 0 Å². The predicted molar refractivity (Wildman–Crippen MR) is 193 cm³/mol. The van der Waals surface area contributed by atoms with Crippen molar-refractivity contribution in [3.63, 3.8) is 0 Å². The average molecular weight is 608 g/mol. The molecule has 5 N–H and O–H groups in total. The Hall–Kier alpha value is -3.87. The Balaban J connectivity index is 0.000000607. The molecule has 3 rings (SSSR count). The summed E-state index contributed by atoms with van der Waals surface area (Å²) in [6.45, 7) is 24.2. The Morgan fingerprint density at radius 2 is 1.51 bits per heavy atom. The summed E-state index contributed by atoms with van der Waals surface area (Å²) in [5, 5.41) is 3.30. The van der Waals surface area contributed by atoms with Gasteiger partial charge in [0, 0.05) is 37.1 Å². The van der Waals surface area contributed by atoms with E-state index in [2.05, 4.69) is 48.7 Å². The van der Waals surface area contributed by atoms with Gasteiger partial charge in [0.1, 0.15) is 26.2 Å². The lowest BCUT2D eigenvalue weighted by Gasteiger charge is -2.26. The van der Waals surface area contributed by atoms with Crippen LogP contribution < -0.4 is 27.7 Å². The molecule has 0 aliphatic rings. The summed E-state index contributed by atoms with van der Waals surface area (Å²) in [6, 6.07) is 18.2. The summed E-state index contributed by atoms with van der Waals surface area (Å²) in [7, 11) is 3.73. The maximum Gasteiger partial charge on any atom is 0.148 e. The van der Waals surface area contributed by atoms with Crippen molar-refractivity contribution < 1.29 is 8.78 Å². The van der Waals surface area contributed by atoms with Gasteiger partial charge in [0.05, 0.1) is 0 Å². The van der Waals surface area contributed by atoms with Crippen LogP contribution in [0.3, 0.4) is 0 Å². The Kier molecular flexibility index (Phi) is 16.2. The second kappa shape index (κ2) is 19.5. The molecule has 0 bridgehead atoms. The van der Waals surface area contributed by atoms with Crippen LogP contribution in [0.15, 0.2) is 98.6 Å². The molecule has 0 aliphatic heterocycles. The minimum absolute atomic E-state index is 0.173. The number of hydrogen-bond acceptors (Lipinski definition) is 4. The highest BCUT2D eigenvalue weighted by Gasteiger charge is 2.12. The molecular weight excluding hydrogens is 560 g/mol. The Bertz CT molecular complexity index is 1440. The van der Waals surface area contributed by atoms with Crippen molar-refractivity contribution in [1.82, 2.24) is 10.2 Å². The van der Waals surface area contributed by atoms with Gasteiger partial charge in [-0.1, -0.05) is 98.8 Å². The van der Waals surface area contributed by atoms with Crippen LogP contribution in [0.5, 0.6) is 0 Å². The van der Waals surface area contributed by atoms with Crippen molar-refractivity contribution >= 4 is 36.9 Å². The maximum atomic E-state index is 14.1. The number of halogens is 2. The maximum absolute atomic E-state index is 14.1. The van der Waals surface area contributed by atoms with Gasteiger partial charge in [-0.15, -0.1) is 6.58 Å². The van der Waals surface area contributed by atoms with Crippen LogP contribution >= 0.6 is 0 Å². The van der Waals surface area contributed by atoms with Gasteiger partial charge in [-0.05, 0) is 72.8 Å². The zero-order valence-electron chi connectivity index (χ0n) is 27.2. The number of nitrogens with zero attached hydrogens (tertiary/aromatic N) is 1. The van der Waals surface area contributed by atoms with Crippen molar-refractivity contribution in [3.05, 3.63) is 133 Å². The first kappa shape index (κ1) is 37.3. The summed E-state index contributed by atoms with van der Waals surface area (Å²) in [4.78, 5) is 2.07. The number of rotatable bonds is 17. The highest BCUT2D eigenvalue weighted by Crippen LogP contribution is 2.21. The second-order valence-corrected chi connectivity index (χ2v) is 11.1. The third-order valence-electron chi connectivity index (χ3n) is 7.39. The standard InChI is InChI=1S/C29H30B2F2N2.C8H18N2/c1-6-10-35(21(3)25-13-27(31-5)17-29(33)15-25)19-23-9-7-8-22(11-23)18-34-20(2)24-12-26(30-4)16-28(32)14-24;1-7(2)8(10)5-3-4-6-9/h6-9,11-17,34H,1-3,10,18-19H2,4-5H3;8H,1,3-6,9-10H2,2H3. The molecule has 3 aromatic rings. The summed E-state index contributed by atoms with van der Waals surface area (Å²) in [5.74, 6) is -0.573. The fourth-order valence-corrected chi connectivity index (χ4v) is 4.63. The van der Waals surface area contributed by atoms with Gasteiger partial charge in [0.15, 0.2) is 0 Å². The Morgan fingerprint density at radius 3 is 2.09 bits per heavy atom. The average Bonchev–Trinajstić information content (AvgIpc) is 3.02. The number of hydrogen-bond donors (Lipinski definition) is 3. The number of nitrogens with one attached hydrogen (secondary N) is 1. The lowest BCUT2D eigenvalue weighted by Crippen LogP contribution is -2.23. The molecule has 0 heterocycles. The van der Waals surface area contributed by atoms with Crippen LogP contribution in [-0.4, -0.2) is 38.6 Å². The zero-order valence-corrected chi connectivity index (χ0v) is 27.2. The topological polar surface area (TPSA) is 67.3 Å². The molecule has 45 heavy (non-hydrogen) atoms. The van der Waals surface area contributed by atoms with Gasteiger partial charge < -0.3 is 21.7 Å². The predicted octanol–water partition coefficient (Wildman–Crippen LogP) is 6.16. The molecule has 8 heteroatoms. The molecule has 0 saturated heterocycles. The fraction of sp³-hybridized carbons (Fsp3) is 0.297. The molecule has 0 spiro atoms. The van der Waals surface area contributed by atoms with Crippen molar-refractivity contribution in [3.8, 4) is 0 Å². The van der Waals surface area contributed by atoms with E-state index in [0.29, 0.717) is 25.3 Å². The van der Waals surface area contributed by atoms with Crippen LogP contribution in [0.1, 0.15) is 48.4 Å². The minimum atomic E-state index is -0.287. The van der Waals surface area contributed by atoms with E-state index in [1.807, 2.05) is 65.5 Å². The Labute approximate surface area is 271 Å². The molecule has 4 nitrogen and oxygen atoms in total. The quantitative estimate of drug-likeness (QED) is 0.0977. The third-order valence-corrected chi connectivity index (χ3v) is 7.39. The SMILES string of the molecule is C=C(C)C(N)CCCCN.C=CCN(Cc1cccc(CNC(=C)c2cc(F)cc([B]C)c2)c1)C(=C)c1cc(F)cc([B]C)c1. The van der Waals surface area contributed by atoms with Crippen LogP contribution in [0.25, 0.3) is 11.4 Å². The van der Waals surface area contributed by atoms with E-state index in [-0.39, 0.29) is 17.7 Å². The van der Waals surface area contributed by atoms with E-state index in [9.17, 15) is 8.78 Å². The number of nitrogens with two attached hydrogens (primary N) is 2. The van der Waals surface area contributed by atoms with Crippen LogP contribution in [0.4, 0.5) is 8.78 Å². The highest BCUT2D eigenvalue weighted by molar-refractivity contribution is 6.52. The molecule has 1 atom stereocenters. The zero-order chi connectivity index (χ0) is 33.4. The van der Waals surface area contributed by atoms with E-state index in [0.717, 1.165) is 70.3 Å². The number of benzene rings is 3. The molecular formula is C37H48B2F2N4. The van der Waals surface area contributed by atoms with Crippen LogP contribution in [0.2, 0.25) is 13.6 Å². The first-order valence-electron chi connectivity index (χ1n) is 15.4. The van der Waals surface area contributed by atoms with Gasteiger partial charge in [0.25, 0.3) is 0 Å². The molecule has 3 aromatic carbocycles. The smallest absolute Gasteiger partial charge is 0.148 e. The molecule has 2 radical (unpaired) electrons. The molecule has 1 unspecified atom stereocenters. The van der Waals surface area contributed by atoms with Gasteiger partial charge in [0.2, 0.25) is 0 Å². The van der Waals surface area contributed by atoms with Crippen LogP contribution in [0, 0.1) is 11.6 Å². The molecule has 0 amide bonds. The van der Waals surface area contributed by atoms with E-state index < -0.39 is 0 Å². The molecule has 0 aromatic heterocycles. The van der Waals surface area contributed by atoms with Gasteiger partial charge in [-0.3, -0.25) is 0 Å². The first-order chi connectivity index (χ1) is 21.5. The van der Waals surface area contributed by atoms with E-state index in [1.165, 1.54) is 24.3 Å². The molecule has 0 fully saturated rings. The molecule has 0 saturated carbocycles. The van der Waals surface area contributed by atoms with Gasteiger partial charge in [-0.2, -0.15) is 0 Å². The lowest BCUT2D eigenvalue weighted by molar-refractivity contribution is 0.433. The number of unbranched alkanes of at least 4 members (excludes halogenated alkanes) is 1. The molecule has 0 aliphatic carbocycles. The molecule has 236 valence electrons. The summed E-state index contributed by atoms with van der Waals surface area (Å²) >= 11 is 0. The second-order valence-electron chi connectivity index (χ2n) is 11.1. The van der Waals surface area contributed by atoms with E-state index in [1.54, 1.807) is 0 Å².